The molecule has 0 bridgehead atoms. The lowest BCUT2D eigenvalue weighted by Crippen LogP contribution is -2.19. The maximum absolute atomic E-state index is 14.6. The molecule has 2 aromatic heterocycles. The lowest BCUT2D eigenvalue weighted by molar-refractivity contribution is -0.0367. The third-order valence-electron chi connectivity index (χ3n) is 5.04. The predicted molar refractivity (Wildman–Crippen MR) is 120 cm³/mol. The molecule has 0 spiro atoms. The van der Waals surface area contributed by atoms with Gasteiger partial charge in [0.1, 0.15) is 17.5 Å². The lowest BCUT2D eigenvalue weighted by atomic mass is 10.1. The first kappa shape index (κ1) is 21.6. The molecule has 0 amide bonds. The number of rotatable bonds is 5. The van der Waals surface area contributed by atoms with Gasteiger partial charge in [-0.2, -0.15) is 5.10 Å². The van der Waals surface area contributed by atoms with E-state index in [1.54, 1.807) is 10.7 Å². The van der Waals surface area contributed by atoms with Crippen LogP contribution in [0.25, 0.3) is 16.7 Å². The molecule has 1 aliphatic rings. The van der Waals surface area contributed by atoms with Crippen LogP contribution in [0.3, 0.4) is 0 Å². The molecule has 5 nitrogen and oxygen atoms in total. The van der Waals surface area contributed by atoms with E-state index in [0.29, 0.717) is 33.4 Å². The first-order chi connectivity index (χ1) is 14.5. The monoisotopic (exact) mass is 513 g/mol. The third-order valence-corrected chi connectivity index (χ3v) is 6.04. The average Bonchev–Trinajstić information content (AvgIpc) is 3.12. The van der Waals surface area contributed by atoms with Crippen molar-refractivity contribution >= 4 is 55.9 Å². The van der Waals surface area contributed by atoms with E-state index in [9.17, 15) is 4.39 Å². The van der Waals surface area contributed by atoms with Gasteiger partial charge in [-0.1, -0.05) is 39.1 Å². The number of aromatic nitrogens is 3. The molecule has 3 aromatic rings. The van der Waals surface area contributed by atoms with Gasteiger partial charge in [-0.05, 0) is 44.4 Å². The van der Waals surface area contributed by atoms with Crippen LogP contribution in [0, 0.1) is 0 Å². The van der Waals surface area contributed by atoms with E-state index in [2.05, 4.69) is 26.0 Å². The summed E-state index contributed by atoms with van der Waals surface area (Å²) in [4.78, 5) is 5.18. The summed E-state index contributed by atoms with van der Waals surface area (Å²) in [5.74, 6) is 0.0756. The molecule has 2 unspecified atom stereocenters. The van der Waals surface area contributed by atoms with E-state index in [1.807, 2.05) is 19.1 Å². The molecule has 1 fully saturated rings. The van der Waals surface area contributed by atoms with Crippen LogP contribution >= 0.6 is 39.1 Å². The predicted octanol–water partition coefficient (Wildman–Crippen LogP) is 7.24. The zero-order chi connectivity index (χ0) is 21.3. The summed E-state index contributed by atoms with van der Waals surface area (Å²) in [7, 11) is 0. The summed E-state index contributed by atoms with van der Waals surface area (Å²) in [6.45, 7) is 2.51. The normalized spacial score (nSPS) is 18.6. The summed E-state index contributed by atoms with van der Waals surface area (Å²) in [5.41, 5.74) is 1.65. The Morgan fingerprint density at radius 2 is 2.10 bits per heavy atom. The van der Waals surface area contributed by atoms with E-state index >= 15 is 0 Å². The Bertz CT molecular complexity index is 1080. The number of hydrogen-bond donors (Lipinski definition) is 0. The van der Waals surface area contributed by atoms with Crippen LogP contribution in [0.15, 0.2) is 35.6 Å². The molecule has 30 heavy (non-hydrogen) atoms. The van der Waals surface area contributed by atoms with Crippen LogP contribution < -0.4 is 4.74 Å². The molecule has 0 N–H and O–H groups in total. The highest BCUT2D eigenvalue weighted by Gasteiger charge is 2.23. The van der Waals surface area contributed by atoms with E-state index in [4.69, 9.17) is 32.7 Å². The summed E-state index contributed by atoms with van der Waals surface area (Å²) in [6.07, 6.45) is 5.31. The van der Waals surface area contributed by atoms with Crippen LogP contribution in [-0.4, -0.2) is 21.4 Å². The quantitative estimate of drug-likeness (QED) is 0.360. The number of nitrogens with zero attached hydrogens (tertiary/aromatic N) is 3. The van der Waals surface area contributed by atoms with E-state index in [0.717, 1.165) is 24.8 Å². The van der Waals surface area contributed by atoms with Crippen LogP contribution in [0.1, 0.15) is 49.8 Å². The first-order valence-electron chi connectivity index (χ1n) is 9.55. The fraction of sp³-hybridized carbons (Fsp3) is 0.333. The van der Waals surface area contributed by atoms with Gasteiger partial charge in [0.2, 0.25) is 0 Å². The zero-order valence-electron chi connectivity index (χ0n) is 16.1. The maximum Gasteiger partial charge on any atom is 0.158 e. The molecule has 0 saturated carbocycles. The minimum atomic E-state index is -0.472. The summed E-state index contributed by atoms with van der Waals surface area (Å²) in [5, 5.41) is 5.98. The third kappa shape index (κ3) is 4.21. The molecule has 1 aliphatic heterocycles. The molecule has 1 aromatic carbocycles. The second kappa shape index (κ2) is 9.22. The largest absolute Gasteiger partial charge is 0.486 e. The number of hydrogen-bond acceptors (Lipinski definition) is 4. The van der Waals surface area contributed by atoms with Crippen LogP contribution in [0.5, 0.6) is 5.75 Å². The van der Waals surface area contributed by atoms with Gasteiger partial charge in [0.05, 0.1) is 15.6 Å². The van der Waals surface area contributed by atoms with Crippen molar-refractivity contribution in [1.29, 1.82) is 0 Å². The van der Waals surface area contributed by atoms with Gasteiger partial charge >= 0.3 is 0 Å². The molecular formula is C21H19BrCl2FN3O2. The van der Waals surface area contributed by atoms with Crippen LogP contribution in [0.4, 0.5) is 4.39 Å². The summed E-state index contributed by atoms with van der Waals surface area (Å²) >= 11 is 15.6. The molecule has 0 aliphatic carbocycles. The summed E-state index contributed by atoms with van der Waals surface area (Å²) in [6, 6.07) is 5.46. The second-order valence-electron chi connectivity index (χ2n) is 7.03. The topological polar surface area (TPSA) is 49.2 Å². The number of pyridine rings is 1. The number of fused-ring (bicyclic) bond motifs is 1. The molecule has 158 valence electrons. The maximum atomic E-state index is 14.6. The minimum Gasteiger partial charge on any atom is -0.486 e. The molecule has 1 saturated heterocycles. The Morgan fingerprint density at radius 1 is 1.33 bits per heavy atom. The van der Waals surface area contributed by atoms with Gasteiger partial charge in [-0.15, -0.1) is 0 Å². The second-order valence-corrected chi connectivity index (χ2v) is 8.30. The van der Waals surface area contributed by atoms with Gasteiger partial charge in [-0.3, -0.25) is 4.98 Å². The highest BCUT2D eigenvalue weighted by molar-refractivity contribution is 9.11. The Labute approximate surface area is 191 Å². The fourth-order valence-electron chi connectivity index (χ4n) is 3.63. The van der Waals surface area contributed by atoms with Crippen molar-refractivity contribution in [2.24, 2.45) is 0 Å². The molecule has 2 atom stereocenters. The Hall–Kier alpha value is -1.67. The Morgan fingerprint density at radius 3 is 2.77 bits per heavy atom. The van der Waals surface area contributed by atoms with Gasteiger partial charge in [0, 0.05) is 34.9 Å². The molecule has 4 rings (SSSR count). The highest BCUT2D eigenvalue weighted by Crippen LogP contribution is 2.36. The van der Waals surface area contributed by atoms with Gasteiger partial charge in [-0.25, -0.2) is 9.07 Å². The van der Waals surface area contributed by atoms with E-state index in [1.165, 1.54) is 17.4 Å². The van der Waals surface area contributed by atoms with Crippen molar-refractivity contribution in [3.05, 3.63) is 56.9 Å². The van der Waals surface area contributed by atoms with Crippen molar-refractivity contribution in [2.45, 2.75) is 38.5 Å². The molecular weight excluding hydrogens is 496 g/mol. The molecule has 0 radical (unpaired) electrons. The first-order valence-corrected chi connectivity index (χ1v) is 11.2. The van der Waals surface area contributed by atoms with Gasteiger partial charge in [0.15, 0.2) is 12.1 Å². The van der Waals surface area contributed by atoms with Crippen LogP contribution in [0.2, 0.25) is 10.0 Å². The van der Waals surface area contributed by atoms with Gasteiger partial charge in [0.25, 0.3) is 0 Å². The van der Waals surface area contributed by atoms with Gasteiger partial charge < -0.3 is 9.47 Å². The smallest absolute Gasteiger partial charge is 0.158 e. The standard InChI is InChI=1S/C21H19BrCl2FN3O2/c1-12(20-15(23)10-26-11-16(20)24)30-13-5-6-18-14(8-13)21(17(25)9-22)27-28(18)19-4-2-3-7-29-19/h5-6,8-12,19H,2-4,7H2,1H3. The fourth-order valence-corrected chi connectivity index (χ4v) is 4.52. The van der Waals surface area contributed by atoms with Crippen molar-refractivity contribution < 1.29 is 13.9 Å². The average molecular weight is 515 g/mol. The van der Waals surface area contributed by atoms with Crippen LogP contribution in [-0.2, 0) is 4.74 Å². The van der Waals surface area contributed by atoms with Crippen molar-refractivity contribution in [1.82, 2.24) is 14.8 Å². The van der Waals surface area contributed by atoms with E-state index < -0.39 is 11.9 Å². The summed E-state index contributed by atoms with van der Waals surface area (Å²) < 4.78 is 28.2. The SMILES string of the molecule is CC(Oc1ccc2c(c1)c(C(F)=CBr)nn2C1CCCCO1)c1c(Cl)cncc1Cl. The van der Waals surface area contributed by atoms with Crippen molar-refractivity contribution in [3.8, 4) is 5.75 Å². The number of halogens is 4. The van der Waals surface area contributed by atoms with Crippen molar-refractivity contribution in [3.63, 3.8) is 0 Å². The number of benzene rings is 1. The zero-order valence-corrected chi connectivity index (χ0v) is 19.2. The number of ether oxygens (including phenoxy) is 2. The molecule has 9 heteroatoms. The minimum absolute atomic E-state index is 0.210. The lowest BCUT2D eigenvalue weighted by Gasteiger charge is -2.23. The Balaban J connectivity index is 1.72. The molecule has 3 heterocycles. The van der Waals surface area contributed by atoms with E-state index in [-0.39, 0.29) is 11.9 Å². The Kier molecular flexibility index (Phi) is 6.63. The highest BCUT2D eigenvalue weighted by atomic mass is 79.9. The van der Waals surface area contributed by atoms with Crippen molar-refractivity contribution in [2.75, 3.05) is 6.61 Å².